The van der Waals surface area contributed by atoms with E-state index in [9.17, 15) is 9.50 Å². The monoisotopic (exact) mass is 490 g/mol. The molecule has 190 valence electrons. The van der Waals surface area contributed by atoms with Crippen molar-refractivity contribution in [3.8, 4) is 11.3 Å². The summed E-state index contributed by atoms with van der Waals surface area (Å²) in [5.41, 5.74) is 3.65. The summed E-state index contributed by atoms with van der Waals surface area (Å²) in [6.07, 6.45) is 10.4. The van der Waals surface area contributed by atoms with Crippen LogP contribution in [-0.4, -0.2) is 57.2 Å². The van der Waals surface area contributed by atoms with Crippen LogP contribution in [0.2, 0.25) is 0 Å². The molecule has 0 unspecified atom stereocenters. The van der Waals surface area contributed by atoms with Gasteiger partial charge < -0.3 is 20.6 Å². The Balaban J connectivity index is 1.35. The third-order valence-corrected chi connectivity index (χ3v) is 7.39. The third-order valence-electron chi connectivity index (χ3n) is 7.39. The van der Waals surface area contributed by atoms with Gasteiger partial charge in [-0.2, -0.15) is 4.98 Å². The lowest BCUT2D eigenvalue weighted by atomic mass is 9.91. The fourth-order valence-corrected chi connectivity index (χ4v) is 5.12. The number of halogens is 1. The Bertz CT molecular complexity index is 1120. The molecule has 7 nitrogen and oxygen atoms in total. The van der Waals surface area contributed by atoms with Crippen molar-refractivity contribution < 1.29 is 9.50 Å². The van der Waals surface area contributed by atoms with Gasteiger partial charge in [0.2, 0.25) is 5.95 Å². The Kier molecular flexibility index (Phi) is 7.72. The maximum atomic E-state index is 13.3. The van der Waals surface area contributed by atoms with Crippen LogP contribution in [0.1, 0.15) is 44.1 Å². The predicted octanol–water partition coefficient (Wildman–Crippen LogP) is 5.02. The second-order valence-electron chi connectivity index (χ2n) is 10.2. The van der Waals surface area contributed by atoms with Crippen molar-refractivity contribution in [1.29, 1.82) is 0 Å². The number of aromatic nitrogens is 3. The van der Waals surface area contributed by atoms with Crippen molar-refractivity contribution in [2.24, 2.45) is 5.92 Å². The number of likely N-dealkylation sites (tertiary alicyclic amines) is 1. The summed E-state index contributed by atoms with van der Waals surface area (Å²) in [4.78, 5) is 16.5. The van der Waals surface area contributed by atoms with E-state index in [0.29, 0.717) is 23.4 Å². The first-order valence-corrected chi connectivity index (χ1v) is 13.0. The van der Waals surface area contributed by atoms with Gasteiger partial charge in [-0.05, 0) is 107 Å². The van der Waals surface area contributed by atoms with Crippen LogP contribution in [-0.2, 0) is 6.42 Å². The van der Waals surface area contributed by atoms with Crippen LogP contribution in [0.4, 0.5) is 21.8 Å². The highest BCUT2D eigenvalue weighted by Gasteiger charge is 2.22. The topological polar surface area (TPSA) is 86.2 Å². The van der Waals surface area contributed by atoms with Crippen molar-refractivity contribution in [3.63, 3.8) is 0 Å². The van der Waals surface area contributed by atoms with Crippen molar-refractivity contribution in [3.05, 3.63) is 60.2 Å². The van der Waals surface area contributed by atoms with E-state index in [1.165, 1.54) is 43.6 Å². The number of aliphatic hydroxyl groups is 1. The standard InChI is InChI=1S/C28H35FN6O/c1-35-14-12-19(13-15-35)16-20-2-11-26(30-17-20)25-18-31-28(33-23-5-3-21(29)4-6-23)34-27(25)32-22-7-9-24(36)10-8-22/h2-6,11,17-19,22,24,36H,7-10,12-16H2,1H3,(H2,31,32,33,34)/t22-,24-. The van der Waals surface area contributed by atoms with E-state index in [4.69, 9.17) is 9.97 Å². The Morgan fingerprint density at radius 3 is 2.39 bits per heavy atom. The van der Waals surface area contributed by atoms with Gasteiger partial charge in [0.1, 0.15) is 11.6 Å². The summed E-state index contributed by atoms with van der Waals surface area (Å²) < 4.78 is 13.3. The van der Waals surface area contributed by atoms with Crippen molar-refractivity contribution >= 4 is 17.5 Å². The van der Waals surface area contributed by atoms with Crippen molar-refractivity contribution in [1.82, 2.24) is 19.9 Å². The van der Waals surface area contributed by atoms with E-state index in [0.717, 1.165) is 43.4 Å². The zero-order valence-electron chi connectivity index (χ0n) is 20.8. The second-order valence-corrected chi connectivity index (χ2v) is 10.2. The average Bonchev–Trinajstić information content (AvgIpc) is 2.89. The fraction of sp³-hybridized carbons (Fsp3) is 0.464. The Morgan fingerprint density at radius 2 is 1.69 bits per heavy atom. The van der Waals surface area contributed by atoms with Gasteiger partial charge in [0.25, 0.3) is 0 Å². The van der Waals surface area contributed by atoms with Crippen LogP contribution < -0.4 is 10.6 Å². The molecule has 0 radical (unpaired) electrons. The predicted molar refractivity (Wildman–Crippen MR) is 141 cm³/mol. The zero-order valence-corrected chi connectivity index (χ0v) is 20.8. The van der Waals surface area contributed by atoms with E-state index >= 15 is 0 Å². The molecule has 0 amide bonds. The minimum Gasteiger partial charge on any atom is -0.393 e. The van der Waals surface area contributed by atoms with Gasteiger partial charge in [0.05, 0.1) is 17.4 Å². The minimum absolute atomic E-state index is 0.220. The summed E-state index contributed by atoms with van der Waals surface area (Å²) >= 11 is 0. The van der Waals surface area contributed by atoms with Gasteiger partial charge in [-0.3, -0.25) is 4.98 Å². The maximum absolute atomic E-state index is 13.3. The van der Waals surface area contributed by atoms with E-state index < -0.39 is 0 Å². The third kappa shape index (κ3) is 6.36. The number of nitrogens with zero attached hydrogens (tertiary/aromatic N) is 4. The molecule has 3 heterocycles. The van der Waals surface area contributed by atoms with Crippen LogP contribution in [0.25, 0.3) is 11.3 Å². The molecule has 3 N–H and O–H groups in total. The van der Waals surface area contributed by atoms with Crippen molar-refractivity contribution in [2.45, 2.75) is 57.1 Å². The van der Waals surface area contributed by atoms with Gasteiger partial charge >= 0.3 is 0 Å². The molecule has 1 aliphatic carbocycles. The lowest BCUT2D eigenvalue weighted by molar-refractivity contribution is 0.126. The van der Waals surface area contributed by atoms with E-state index in [2.05, 4.69) is 39.7 Å². The van der Waals surface area contributed by atoms with Crippen LogP contribution in [0.3, 0.4) is 0 Å². The first kappa shape index (κ1) is 24.6. The number of hydrogen-bond donors (Lipinski definition) is 3. The first-order valence-electron chi connectivity index (χ1n) is 13.0. The van der Waals surface area contributed by atoms with Gasteiger partial charge in [-0.25, -0.2) is 9.37 Å². The van der Waals surface area contributed by atoms with Crippen LogP contribution in [0.5, 0.6) is 0 Å². The molecule has 1 saturated heterocycles. The lowest BCUT2D eigenvalue weighted by Crippen LogP contribution is -2.30. The summed E-state index contributed by atoms with van der Waals surface area (Å²) in [5.74, 6) is 1.58. The molecule has 2 aliphatic rings. The number of rotatable bonds is 7. The molecule has 3 aromatic rings. The lowest BCUT2D eigenvalue weighted by Gasteiger charge is -2.29. The van der Waals surface area contributed by atoms with Crippen LogP contribution in [0.15, 0.2) is 48.8 Å². The number of piperidine rings is 1. The largest absolute Gasteiger partial charge is 0.393 e. The highest BCUT2D eigenvalue weighted by molar-refractivity contribution is 5.73. The SMILES string of the molecule is CN1CCC(Cc2ccc(-c3cnc(Nc4ccc(F)cc4)nc3N[C@H]3CC[C@H](O)CC3)nc2)CC1. The molecule has 5 rings (SSSR count). The van der Waals surface area contributed by atoms with E-state index in [1.54, 1.807) is 18.3 Å². The summed E-state index contributed by atoms with van der Waals surface area (Å²) in [6, 6.07) is 10.6. The van der Waals surface area contributed by atoms with Gasteiger partial charge in [-0.1, -0.05) is 6.07 Å². The maximum Gasteiger partial charge on any atom is 0.229 e. The van der Waals surface area contributed by atoms with E-state index in [-0.39, 0.29) is 18.0 Å². The quantitative estimate of drug-likeness (QED) is 0.429. The molecule has 1 aliphatic heterocycles. The number of aliphatic hydroxyl groups excluding tert-OH is 1. The van der Waals surface area contributed by atoms with E-state index in [1.807, 2.05) is 6.20 Å². The van der Waals surface area contributed by atoms with Crippen LogP contribution in [0, 0.1) is 11.7 Å². The van der Waals surface area contributed by atoms with Gasteiger partial charge in [0.15, 0.2) is 0 Å². The molecule has 2 fully saturated rings. The molecule has 0 spiro atoms. The molecule has 0 atom stereocenters. The Morgan fingerprint density at radius 1 is 0.944 bits per heavy atom. The number of benzene rings is 1. The number of nitrogens with one attached hydrogen (secondary N) is 2. The normalized spacial score (nSPS) is 21.3. The summed E-state index contributed by atoms with van der Waals surface area (Å²) in [5, 5.41) is 16.6. The molecule has 1 saturated carbocycles. The molecule has 0 bridgehead atoms. The smallest absolute Gasteiger partial charge is 0.229 e. The molecule has 2 aromatic heterocycles. The van der Waals surface area contributed by atoms with Gasteiger partial charge in [0, 0.05) is 24.1 Å². The van der Waals surface area contributed by atoms with Crippen molar-refractivity contribution in [2.75, 3.05) is 30.8 Å². The highest BCUT2D eigenvalue weighted by atomic mass is 19.1. The Hall–Kier alpha value is -3.10. The first-order chi connectivity index (χ1) is 17.5. The molecule has 8 heteroatoms. The molecule has 1 aromatic carbocycles. The van der Waals surface area contributed by atoms with Crippen LogP contribution >= 0.6 is 0 Å². The summed E-state index contributed by atoms with van der Waals surface area (Å²) in [6.45, 7) is 2.33. The molecular weight excluding hydrogens is 455 g/mol. The second kappa shape index (κ2) is 11.3. The van der Waals surface area contributed by atoms with Gasteiger partial charge in [-0.15, -0.1) is 0 Å². The highest BCUT2D eigenvalue weighted by Crippen LogP contribution is 2.30. The Labute approximate surface area is 212 Å². The number of anilines is 3. The molecule has 36 heavy (non-hydrogen) atoms. The average molecular weight is 491 g/mol. The zero-order chi connectivity index (χ0) is 24.9. The summed E-state index contributed by atoms with van der Waals surface area (Å²) in [7, 11) is 2.19. The fourth-order valence-electron chi connectivity index (χ4n) is 5.12. The number of pyridine rings is 1. The number of hydrogen-bond acceptors (Lipinski definition) is 7. The molecular formula is C28H35FN6O. The minimum atomic E-state index is -0.288.